The van der Waals surface area contributed by atoms with Crippen molar-refractivity contribution in [3.05, 3.63) is 0 Å². The minimum Gasteiger partial charge on any atom is -0.481 e. The number of hydrogen-bond donors (Lipinski definition) is 1. The number of hydrogen-bond acceptors (Lipinski definition) is 3. The monoisotopic (exact) mass is 309 g/mol. The highest BCUT2D eigenvalue weighted by molar-refractivity contribution is 5.81. The van der Waals surface area contributed by atoms with Crippen LogP contribution in [0.2, 0.25) is 0 Å². The van der Waals surface area contributed by atoms with Gasteiger partial charge < -0.3 is 14.7 Å². The Bertz CT molecular complexity index is 405. The van der Waals surface area contributed by atoms with Gasteiger partial charge in [-0.25, -0.2) is 0 Å². The van der Waals surface area contributed by atoms with E-state index in [1.165, 1.54) is 0 Å². The Labute approximate surface area is 120 Å². The lowest BCUT2D eigenvalue weighted by Gasteiger charge is -2.40. The van der Waals surface area contributed by atoms with E-state index in [9.17, 15) is 27.9 Å². The van der Waals surface area contributed by atoms with Gasteiger partial charge in [0.05, 0.1) is 12.5 Å². The van der Waals surface area contributed by atoms with Crippen LogP contribution in [0.15, 0.2) is 0 Å². The molecule has 120 valence electrons. The van der Waals surface area contributed by atoms with E-state index in [1.807, 2.05) is 0 Å². The Morgan fingerprint density at radius 2 is 1.76 bits per heavy atom. The summed E-state index contributed by atoms with van der Waals surface area (Å²) < 4.78 is 42.3. The zero-order valence-corrected chi connectivity index (χ0v) is 11.4. The van der Waals surface area contributed by atoms with Crippen LogP contribution in [0.25, 0.3) is 0 Å². The Morgan fingerprint density at radius 1 is 1.14 bits per heavy atom. The molecule has 0 aromatic rings. The topological polar surface area (TPSA) is 66.8 Å². The van der Waals surface area contributed by atoms with Crippen molar-refractivity contribution in [1.82, 2.24) is 4.90 Å². The van der Waals surface area contributed by atoms with Crippen LogP contribution in [0, 0.1) is 17.8 Å². The fourth-order valence-corrected chi connectivity index (χ4v) is 3.28. The van der Waals surface area contributed by atoms with E-state index in [0.717, 1.165) is 4.90 Å². The van der Waals surface area contributed by atoms with Crippen LogP contribution >= 0.6 is 0 Å². The number of carbonyl (C=O) groups excluding carboxylic acids is 1. The van der Waals surface area contributed by atoms with Crippen LogP contribution in [-0.4, -0.2) is 54.4 Å². The number of amides is 1. The van der Waals surface area contributed by atoms with E-state index in [4.69, 9.17) is 4.74 Å². The first kappa shape index (κ1) is 16.1. The molecule has 0 spiro atoms. The first-order valence-electron chi connectivity index (χ1n) is 6.97. The number of aliphatic carboxylic acids is 1. The molecule has 0 radical (unpaired) electrons. The molecule has 0 aromatic carbocycles. The van der Waals surface area contributed by atoms with Crippen molar-refractivity contribution in [3.63, 3.8) is 0 Å². The van der Waals surface area contributed by atoms with E-state index in [-0.39, 0.29) is 31.5 Å². The highest BCUT2D eigenvalue weighted by Gasteiger charge is 2.45. The summed E-state index contributed by atoms with van der Waals surface area (Å²) in [6.45, 7) is 0.706. The maximum absolute atomic E-state index is 12.4. The molecule has 1 amide bonds. The van der Waals surface area contributed by atoms with Crippen molar-refractivity contribution in [3.8, 4) is 0 Å². The molecule has 5 nitrogen and oxygen atoms in total. The average Bonchev–Trinajstić information content (AvgIpc) is 2.45. The van der Waals surface area contributed by atoms with Gasteiger partial charge in [-0.05, 0) is 31.1 Å². The number of alkyl halides is 3. The number of carboxylic acid groups (broad SMARTS) is 1. The highest BCUT2D eigenvalue weighted by Crippen LogP contribution is 2.36. The molecule has 8 heteroatoms. The molecule has 2 saturated heterocycles. The van der Waals surface area contributed by atoms with Gasteiger partial charge in [0.1, 0.15) is 0 Å². The third-order valence-electron chi connectivity index (χ3n) is 4.40. The second-order valence-corrected chi connectivity index (χ2v) is 5.60. The van der Waals surface area contributed by atoms with E-state index < -0.39 is 24.0 Å². The van der Waals surface area contributed by atoms with Gasteiger partial charge in [0.2, 0.25) is 0 Å². The fourth-order valence-electron chi connectivity index (χ4n) is 3.28. The Balaban J connectivity index is 1.94. The minimum absolute atomic E-state index is 0.0344. The SMILES string of the molecule is O=C(O)[C@H]1COCC[C@H]1C1CCN(C(=O)C(F)(F)F)CC1. The molecule has 2 fully saturated rings. The molecule has 0 saturated carbocycles. The Hall–Kier alpha value is -1.31. The van der Waals surface area contributed by atoms with Crippen LogP contribution in [0.4, 0.5) is 13.2 Å². The normalized spacial score (nSPS) is 28.4. The van der Waals surface area contributed by atoms with E-state index in [0.29, 0.717) is 25.9 Å². The number of ether oxygens (including phenoxy) is 1. The summed E-state index contributed by atoms with van der Waals surface area (Å²) in [5.74, 6) is -3.38. The van der Waals surface area contributed by atoms with Crippen LogP contribution in [-0.2, 0) is 14.3 Å². The number of carbonyl (C=O) groups is 2. The number of rotatable bonds is 2. The second kappa shape index (κ2) is 6.21. The molecule has 1 N–H and O–H groups in total. The molecule has 0 bridgehead atoms. The average molecular weight is 309 g/mol. The summed E-state index contributed by atoms with van der Waals surface area (Å²) in [5.41, 5.74) is 0. The largest absolute Gasteiger partial charge is 0.481 e. The van der Waals surface area contributed by atoms with Crippen LogP contribution in [0.1, 0.15) is 19.3 Å². The second-order valence-electron chi connectivity index (χ2n) is 5.60. The lowest BCUT2D eigenvalue weighted by atomic mass is 9.74. The van der Waals surface area contributed by atoms with Crippen LogP contribution in [0.5, 0.6) is 0 Å². The van der Waals surface area contributed by atoms with Crippen LogP contribution < -0.4 is 0 Å². The van der Waals surface area contributed by atoms with E-state index in [2.05, 4.69) is 0 Å². The molecule has 0 aromatic heterocycles. The molecule has 2 aliphatic heterocycles. The number of likely N-dealkylation sites (tertiary alicyclic amines) is 1. The summed E-state index contributed by atoms with van der Waals surface area (Å²) in [7, 11) is 0. The molecule has 21 heavy (non-hydrogen) atoms. The zero-order chi connectivity index (χ0) is 15.6. The molecule has 0 aliphatic carbocycles. The Kier molecular flexibility index (Phi) is 4.75. The van der Waals surface area contributed by atoms with Gasteiger partial charge >= 0.3 is 18.1 Å². The molecule has 0 unspecified atom stereocenters. The van der Waals surface area contributed by atoms with Gasteiger partial charge in [-0.3, -0.25) is 9.59 Å². The van der Waals surface area contributed by atoms with Crippen molar-refractivity contribution in [2.45, 2.75) is 25.4 Å². The smallest absolute Gasteiger partial charge is 0.471 e. The van der Waals surface area contributed by atoms with Crippen LogP contribution in [0.3, 0.4) is 0 Å². The molecular formula is C13H18F3NO4. The molecule has 2 heterocycles. The summed E-state index contributed by atoms with van der Waals surface area (Å²) in [5, 5.41) is 9.19. The zero-order valence-electron chi connectivity index (χ0n) is 11.4. The molecule has 2 rings (SSSR count). The quantitative estimate of drug-likeness (QED) is 0.840. The van der Waals surface area contributed by atoms with Crippen molar-refractivity contribution in [2.24, 2.45) is 17.8 Å². The van der Waals surface area contributed by atoms with Gasteiger partial charge in [0.15, 0.2) is 0 Å². The molecule has 2 atom stereocenters. The lowest BCUT2D eigenvalue weighted by molar-refractivity contribution is -0.187. The van der Waals surface area contributed by atoms with E-state index >= 15 is 0 Å². The van der Waals surface area contributed by atoms with Gasteiger partial charge in [-0.1, -0.05) is 0 Å². The Morgan fingerprint density at radius 3 is 2.29 bits per heavy atom. The summed E-state index contributed by atoms with van der Waals surface area (Å²) in [6.07, 6.45) is -3.41. The number of carboxylic acids is 1. The van der Waals surface area contributed by atoms with Crippen molar-refractivity contribution < 1.29 is 32.6 Å². The lowest BCUT2D eigenvalue weighted by Crippen LogP contribution is -2.48. The third kappa shape index (κ3) is 3.66. The fraction of sp³-hybridized carbons (Fsp3) is 0.846. The first-order chi connectivity index (χ1) is 9.80. The highest BCUT2D eigenvalue weighted by atomic mass is 19.4. The van der Waals surface area contributed by atoms with Gasteiger partial charge in [0.25, 0.3) is 0 Å². The predicted molar refractivity (Wildman–Crippen MR) is 65.4 cm³/mol. The number of halogens is 3. The van der Waals surface area contributed by atoms with Crippen molar-refractivity contribution >= 4 is 11.9 Å². The number of piperidine rings is 1. The third-order valence-corrected chi connectivity index (χ3v) is 4.40. The maximum atomic E-state index is 12.4. The van der Waals surface area contributed by atoms with Gasteiger partial charge in [-0.2, -0.15) is 13.2 Å². The van der Waals surface area contributed by atoms with Gasteiger partial charge in [-0.15, -0.1) is 0 Å². The summed E-state index contributed by atoms with van der Waals surface area (Å²) >= 11 is 0. The summed E-state index contributed by atoms with van der Waals surface area (Å²) in [6, 6.07) is 0. The van der Waals surface area contributed by atoms with Gasteiger partial charge in [0, 0.05) is 19.7 Å². The predicted octanol–water partition coefficient (Wildman–Crippen LogP) is 1.52. The maximum Gasteiger partial charge on any atom is 0.471 e. The summed E-state index contributed by atoms with van der Waals surface area (Å²) in [4.78, 5) is 23.2. The molecule has 2 aliphatic rings. The van der Waals surface area contributed by atoms with Crippen molar-refractivity contribution in [1.29, 1.82) is 0 Å². The van der Waals surface area contributed by atoms with Crippen molar-refractivity contribution in [2.75, 3.05) is 26.3 Å². The number of nitrogens with zero attached hydrogens (tertiary/aromatic N) is 1. The standard InChI is InChI=1S/C13H18F3NO4/c14-13(15,16)12(20)17-4-1-8(2-5-17)9-3-6-21-7-10(9)11(18)19/h8-10H,1-7H2,(H,18,19)/t9-,10-/m0/s1. The first-order valence-corrected chi connectivity index (χ1v) is 6.97. The molecular weight excluding hydrogens is 291 g/mol. The minimum atomic E-state index is -4.84. The van der Waals surface area contributed by atoms with E-state index in [1.54, 1.807) is 0 Å².